The second-order valence-corrected chi connectivity index (χ2v) is 9.77. The molecule has 2 aromatic carbocycles. The molecule has 4 nitrogen and oxygen atoms in total. The molecule has 0 aliphatic rings. The first kappa shape index (κ1) is 21.1. The van der Waals surface area contributed by atoms with Crippen LogP contribution in [0.5, 0.6) is 5.75 Å². The summed E-state index contributed by atoms with van der Waals surface area (Å²) in [6.45, 7) is 15.8. The first-order valence-electron chi connectivity index (χ1n) is 10.4. The van der Waals surface area contributed by atoms with Gasteiger partial charge in [-0.1, -0.05) is 60.6 Å². The summed E-state index contributed by atoms with van der Waals surface area (Å²) in [5.41, 5.74) is 4.60. The lowest BCUT2D eigenvalue weighted by Crippen LogP contribution is -2.17. The summed E-state index contributed by atoms with van der Waals surface area (Å²) in [5.74, 6) is 1.11. The fourth-order valence-corrected chi connectivity index (χ4v) is 3.61. The van der Waals surface area contributed by atoms with Crippen LogP contribution in [0.25, 0.3) is 11.0 Å². The minimum Gasteiger partial charge on any atom is -0.507 e. The van der Waals surface area contributed by atoms with Crippen LogP contribution in [-0.2, 0) is 17.4 Å². The molecule has 0 spiro atoms. The van der Waals surface area contributed by atoms with Crippen LogP contribution >= 0.6 is 0 Å². The number of hydrogen-bond donors (Lipinski definition) is 1. The molecule has 0 saturated carbocycles. The minimum atomic E-state index is -0.163. The molecule has 0 atom stereocenters. The SMILES string of the molecule is CCCn1c(/N=C/c2cc(C(C)(C)C)c(O)c(C(C)(C)C)c2)nc2ccccc21. The van der Waals surface area contributed by atoms with Crippen molar-refractivity contribution < 1.29 is 5.11 Å². The largest absolute Gasteiger partial charge is 0.507 e. The van der Waals surface area contributed by atoms with Crippen molar-refractivity contribution in [3.8, 4) is 5.75 Å². The number of benzene rings is 2. The summed E-state index contributed by atoms with van der Waals surface area (Å²) in [6.07, 6.45) is 2.89. The molecule has 0 saturated heterocycles. The molecule has 154 valence electrons. The molecular formula is C25H33N3O. The molecular weight excluding hydrogens is 358 g/mol. The number of aromatic nitrogens is 2. The third kappa shape index (κ3) is 4.36. The highest BCUT2D eigenvalue weighted by atomic mass is 16.3. The van der Waals surface area contributed by atoms with Gasteiger partial charge < -0.3 is 9.67 Å². The molecule has 0 amide bonds. The average Bonchev–Trinajstić information content (AvgIpc) is 2.97. The van der Waals surface area contributed by atoms with Gasteiger partial charge in [-0.2, -0.15) is 0 Å². The maximum absolute atomic E-state index is 10.9. The molecule has 0 unspecified atom stereocenters. The van der Waals surface area contributed by atoms with Crippen LogP contribution in [0.3, 0.4) is 0 Å². The minimum absolute atomic E-state index is 0.163. The number of nitrogens with zero attached hydrogens (tertiary/aromatic N) is 3. The summed E-state index contributed by atoms with van der Waals surface area (Å²) in [5, 5.41) is 10.9. The highest BCUT2D eigenvalue weighted by Crippen LogP contribution is 2.39. The van der Waals surface area contributed by atoms with E-state index in [1.54, 1.807) is 0 Å². The fraction of sp³-hybridized carbons (Fsp3) is 0.440. The molecule has 29 heavy (non-hydrogen) atoms. The van der Waals surface area contributed by atoms with Crippen molar-refractivity contribution in [1.29, 1.82) is 0 Å². The normalized spacial score (nSPS) is 12.9. The van der Waals surface area contributed by atoms with Gasteiger partial charge in [-0.3, -0.25) is 0 Å². The third-order valence-electron chi connectivity index (χ3n) is 5.16. The van der Waals surface area contributed by atoms with E-state index in [4.69, 9.17) is 9.98 Å². The molecule has 3 rings (SSSR count). The highest BCUT2D eigenvalue weighted by Gasteiger charge is 2.26. The van der Waals surface area contributed by atoms with Gasteiger partial charge >= 0.3 is 0 Å². The fourth-order valence-electron chi connectivity index (χ4n) is 3.61. The van der Waals surface area contributed by atoms with Gasteiger partial charge in [0.25, 0.3) is 0 Å². The van der Waals surface area contributed by atoms with E-state index in [1.807, 2.05) is 36.5 Å². The summed E-state index contributed by atoms with van der Waals surface area (Å²) in [6, 6.07) is 12.2. The molecule has 1 heterocycles. The third-order valence-corrected chi connectivity index (χ3v) is 5.16. The Labute approximate surface area is 174 Å². The van der Waals surface area contributed by atoms with E-state index in [0.717, 1.165) is 46.6 Å². The molecule has 1 N–H and O–H groups in total. The van der Waals surface area contributed by atoms with E-state index in [1.165, 1.54) is 0 Å². The lowest BCUT2D eigenvalue weighted by Gasteiger charge is -2.27. The number of aromatic hydroxyl groups is 1. The summed E-state index contributed by atoms with van der Waals surface area (Å²) < 4.78 is 2.17. The predicted molar refractivity (Wildman–Crippen MR) is 123 cm³/mol. The Morgan fingerprint density at radius 3 is 2.14 bits per heavy atom. The lowest BCUT2D eigenvalue weighted by molar-refractivity contribution is 0.423. The van der Waals surface area contributed by atoms with Gasteiger partial charge in [0.1, 0.15) is 5.75 Å². The Hall–Kier alpha value is -2.62. The van der Waals surface area contributed by atoms with Crippen LogP contribution in [0.1, 0.15) is 71.6 Å². The van der Waals surface area contributed by atoms with E-state index >= 15 is 0 Å². The molecule has 0 fully saturated rings. The van der Waals surface area contributed by atoms with E-state index in [-0.39, 0.29) is 10.8 Å². The number of para-hydroxylation sites is 2. The van der Waals surface area contributed by atoms with Gasteiger partial charge in [0.05, 0.1) is 11.0 Å². The van der Waals surface area contributed by atoms with Crippen LogP contribution in [0.15, 0.2) is 41.4 Å². The maximum atomic E-state index is 10.9. The standard InChI is InChI=1S/C25H33N3O/c1-8-13-28-21-12-10-9-11-20(21)27-23(28)26-16-17-14-18(24(2,3)4)22(29)19(15-17)25(5,6)7/h9-12,14-16,29H,8,13H2,1-7H3/b26-16+. The number of aryl methyl sites for hydroxylation is 1. The lowest BCUT2D eigenvalue weighted by atomic mass is 9.78. The maximum Gasteiger partial charge on any atom is 0.230 e. The summed E-state index contributed by atoms with van der Waals surface area (Å²) >= 11 is 0. The molecule has 0 bridgehead atoms. The monoisotopic (exact) mass is 391 g/mol. The molecule has 4 heteroatoms. The second-order valence-electron chi connectivity index (χ2n) is 9.77. The van der Waals surface area contributed by atoms with Gasteiger partial charge in [0.15, 0.2) is 0 Å². The van der Waals surface area contributed by atoms with Crippen molar-refractivity contribution in [2.75, 3.05) is 0 Å². The topological polar surface area (TPSA) is 50.4 Å². The van der Waals surface area contributed by atoms with Crippen molar-refractivity contribution in [2.24, 2.45) is 4.99 Å². The average molecular weight is 392 g/mol. The number of imidazole rings is 1. The van der Waals surface area contributed by atoms with Gasteiger partial charge in [0.2, 0.25) is 5.95 Å². The number of phenols is 1. The Morgan fingerprint density at radius 1 is 1.00 bits per heavy atom. The molecule has 1 aromatic heterocycles. The number of fused-ring (bicyclic) bond motifs is 1. The van der Waals surface area contributed by atoms with Crippen LogP contribution < -0.4 is 0 Å². The zero-order valence-corrected chi connectivity index (χ0v) is 18.7. The van der Waals surface area contributed by atoms with Gasteiger partial charge in [-0.15, -0.1) is 0 Å². The van der Waals surface area contributed by atoms with E-state index < -0.39 is 0 Å². The van der Waals surface area contributed by atoms with Crippen LogP contribution in [0.2, 0.25) is 0 Å². The van der Waals surface area contributed by atoms with E-state index in [2.05, 4.69) is 59.1 Å². The Morgan fingerprint density at radius 2 is 1.59 bits per heavy atom. The predicted octanol–water partition coefficient (Wildman–Crippen LogP) is 6.50. The number of hydrogen-bond acceptors (Lipinski definition) is 3. The van der Waals surface area contributed by atoms with Crippen LogP contribution in [0.4, 0.5) is 5.95 Å². The molecule has 0 aliphatic heterocycles. The zero-order valence-electron chi connectivity index (χ0n) is 18.7. The van der Waals surface area contributed by atoms with E-state index in [9.17, 15) is 5.11 Å². The zero-order chi connectivity index (χ0) is 21.4. The van der Waals surface area contributed by atoms with Gasteiger partial charge in [-0.25, -0.2) is 9.98 Å². The van der Waals surface area contributed by atoms with Crippen molar-refractivity contribution in [3.63, 3.8) is 0 Å². The van der Waals surface area contributed by atoms with Crippen molar-refractivity contribution in [3.05, 3.63) is 53.1 Å². The number of rotatable bonds is 4. The van der Waals surface area contributed by atoms with Crippen LogP contribution in [-0.4, -0.2) is 20.9 Å². The second kappa shape index (κ2) is 7.66. The van der Waals surface area contributed by atoms with Crippen molar-refractivity contribution >= 4 is 23.2 Å². The molecule has 0 aliphatic carbocycles. The van der Waals surface area contributed by atoms with Crippen molar-refractivity contribution in [2.45, 2.75) is 72.3 Å². The van der Waals surface area contributed by atoms with Crippen LogP contribution in [0, 0.1) is 0 Å². The summed E-state index contributed by atoms with van der Waals surface area (Å²) in [4.78, 5) is 9.48. The Balaban J connectivity index is 2.12. The Bertz CT molecular complexity index is 1010. The van der Waals surface area contributed by atoms with Gasteiger partial charge in [0, 0.05) is 23.9 Å². The summed E-state index contributed by atoms with van der Waals surface area (Å²) in [7, 11) is 0. The van der Waals surface area contributed by atoms with Gasteiger partial charge in [-0.05, 0) is 47.1 Å². The molecule has 3 aromatic rings. The van der Waals surface area contributed by atoms with Crippen molar-refractivity contribution in [1.82, 2.24) is 9.55 Å². The first-order valence-corrected chi connectivity index (χ1v) is 10.4. The Kier molecular flexibility index (Phi) is 5.57. The smallest absolute Gasteiger partial charge is 0.230 e. The quantitative estimate of drug-likeness (QED) is 0.516. The number of aliphatic imine (C=N–C) groups is 1. The first-order chi connectivity index (χ1) is 13.5. The highest BCUT2D eigenvalue weighted by molar-refractivity contribution is 5.85. The molecule has 0 radical (unpaired) electrons. The van der Waals surface area contributed by atoms with E-state index in [0.29, 0.717) is 5.75 Å². The number of phenolic OH excluding ortho intramolecular Hbond substituents is 1.